The molecule has 8 nitrogen and oxygen atoms in total. The fraction of sp³-hybridized carbons (Fsp3) is 0.429. The Kier molecular flexibility index (Phi) is 8.39. The third-order valence-electron chi connectivity index (χ3n) is 2.26. The molecule has 0 amide bonds. The highest BCUT2D eigenvalue weighted by molar-refractivity contribution is 5.89. The molecule has 0 fully saturated rings. The van der Waals surface area contributed by atoms with Crippen molar-refractivity contribution in [3.8, 4) is 5.75 Å². The molecule has 0 unspecified atom stereocenters. The third kappa shape index (κ3) is 6.91. The van der Waals surface area contributed by atoms with E-state index < -0.39 is 12.1 Å². The number of hydrogen-bond acceptors (Lipinski definition) is 8. The summed E-state index contributed by atoms with van der Waals surface area (Å²) in [5.74, 6) is -0.209. The van der Waals surface area contributed by atoms with Crippen molar-refractivity contribution in [2.75, 3.05) is 26.4 Å². The Morgan fingerprint density at radius 1 is 0.955 bits per heavy atom. The van der Waals surface area contributed by atoms with Gasteiger partial charge < -0.3 is 14.2 Å². The Morgan fingerprint density at radius 2 is 1.68 bits per heavy atom. The molecule has 8 heteroatoms. The summed E-state index contributed by atoms with van der Waals surface area (Å²) in [7, 11) is 0. The van der Waals surface area contributed by atoms with E-state index in [0.717, 1.165) is 0 Å². The van der Waals surface area contributed by atoms with E-state index in [0.29, 0.717) is 19.0 Å². The van der Waals surface area contributed by atoms with Gasteiger partial charge in [-0.1, -0.05) is 0 Å². The molecule has 122 valence electrons. The molecule has 0 saturated carbocycles. The van der Waals surface area contributed by atoms with Crippen LogP contribution in [0.3, 0.4) is 0 Å². The molecule has 1 aromatic rings. The first-order valence-corrected chi connectivity index (χ1v) is 6.70. The predicted octanol–water partition coefficient (Wildman–Crippen LogP) is 2.28. The Labute approximate surface area is 127 Å². The molecular weight excluding hydrogens is 296 g/mol. The zero-order chi connectivity index (χ0) is 16.2. The summed E-state index contributed by atoms with van der Waals surface area (Å²) in [6.45, 7) is 4.92. The Bertz CT molecular complexity index is 456. The highest BCUT2D eigenvalue weighted by atomic mass is 17.5. The summed E-state index contributed by atoms with van der Waals surface area (Å²) in [6, 6.07) is 6.17. The lowest BCUT2D eigenvalue weighted by Gasteiger charge is -2.05. The van der Waals surface area contributed by atoms with Crippen LogP contribution in [0.1, 0.15) is 24.2 Å². The van der Waals surface area contributed by atoms with Crippen LogP contribution < -0.4 is 4.74 Å². The van der Waals surface area contributed by atoms with Crippen molar-refractivity contribution in [1.82, 2.24) is 0 Å². The second-order valence-electron chi connectivity index (χ2n) is 3.77. The molecule has 0 aromatic heterocycles. The van der Waals surface area contributed by atoms with Crippen LogP contribution in [0.15, 0.2) is 24.3 Å². The molecule has 0 bridgehead atoms. The van der Waals surface area contributed by atoms with Gasteiger partial charge in [-0.25, -0.2) is 14.5 Å². The normalized spacial score (nSPS) is 9.91. The molecule has 0 atom stereocenters. The molecule has 0 radical (unpaired) electrons. The van der Waals surface area contributed by atoms with E-state index in [4.69, 9.17) is 9.47 Å². The Morgan fingerprint density at radius 3 is 2.32 bits per heavy atom. The van der Waals surface area contributed by atoms with Crippen LogP contribution >= 0.6 is 0 Å². The van der Waals surface area contributed by atoms with Crippen LogP contribution in [0.25, 0.3) is 0 Å². The molecule has 0 aliphatic carbocycles. The topological polar surface area (TPSA) is 89.5 Å². The average Bonchev–Trinajstić information content (AvgIpc) is 2.52. The zero-order valence-corrected chi connectivity index (χ0v) is 12.4. The van der Waals surface area contributed by atoms with Crippen LogP contribution in [0.4, 0.5) is 4.79 Å². The van der Waals surface area contributed by atoms with Gasteiger partial charge >= 0.3 is 12.1 Å². The number of ether oxygens (including phenoxy) is 3. The van der Waals surface area contributed by atoms with Gasteiger partial charge in [-0.15, -0.1) is 0 Å². The standard InChI is InChI=1S/C14H18O8/c1-3-17-9-10-19-14(16)21-22-20-13(15)11-5-7-12(8-6-11)18-4-2/h5-8H,3-4,9-10H2,1-2H3. The summed E-state index contributed by atoms with van der Waals surface area (Å²) in [5.41, 5.74) is 0.205. The molecule has 0 aliphatic rings. The maximum Gasteiger partial charge on any atom is 0.543 e. The number of carbonyl (C=O) groups excluding carboxylic acids is 2. The lowest BCUT2D eigenvalue weighted by atomic mass is 10.2. The smallest absolute Gasteiger partial charge is 0.494 e. The fourth-order valence-electron chi connectivity index (χ4n) is 1.33. The van der Waals surface area contributed by atoms with Crippen LogP contribution in [0.2, 0.25) is 0 Å². The van der Waals surface area contributed by atoms with Crippen molar-refractivity contribution in [3.05, 3.63) is 29.8 Å². The molecule has 22 heavy (non-hydrogen) atoms. The minimum Gasteiger partial charge on any atom is -0.494 e. The lowest BCUT2D eigenvalue weighted by Crippen LogP contribution is -2.14. The number of benzene rings is 1. The van der Waals surface area contributed by atoms with Crippen molar-refractivity contribution in [1.29, 1.82) is 0 Å². The van der Waals surface area contributed by atoms with Gasteiger partial charge in [0.25, 0.3) is 0 Å². The van der Waals surface area contributed by atoms with E-state index in [1.807, 2.05) is 13.8 Å². The van der Waals surface area contributed by atoms with Gasteiger partial charge in [-0.2, -0.15) is 0 Å². The van der Waals surface area contributed by atoms with Crippen LogP contribution in [0, 0.1) is 0 Å². The average molecular weight is 314 g/mol. The van der Waals surface area contributed by atoms with Crippen molar-refractivity contribution in [2.45, 2.75) is 13.8 Å². The van der Waals surface area contributed by atoms with Gasteiger partial charge in [0.15, 0.2) is 0 Å². The van der Waals surface area contributed by atoms with E-state index in [9.17, 15) is 9.59 Å². The maximum atomic E-state index is 11.6. The molecule has 0 aliphatic heterocycles. The summed E-state index contributed by atoms with van der Waals surface area (Å²) in [5, 5.41) is 4.05. The van der Waals surface area contributed by atoms with Crippen molar-refractivity contribution < 1.29 is 38.6 Å². The Balaban J connectivity index is 2.23. The first-order valence-electron chi connectivity index (χ1n) is 6.70. The van der Waals surface area contributed by atoms with Crippen LogP contribution in [0.5, 0.6) is 5.75 Å². The zero-order valence-electron chi connectivity index (χ0n) is 12.4. The second kappa shape index (κ2) is 10.4. The van der Waals surface area contributed by atoms with E-state index >= 15 is 0 Å². The summed E-state index contributed by atoms with van der Waals surface area (Å²) in [6.07, 6.45) is -1.14. The van der Waals surface area contributed by atoms with Crippen molar-refractivity contribution in [3.63, 3.8) is 0 Å². The first-order chi connectivity index (χ1) is 10.7. The number of hydrogen-bond donors (Lipinski definition) is 0. The highest BCUT2D eigenvalue weighted by Gasteiger charge is 2.12. The van der Waals surface area contributed by atoms with E-state index in [1.165, 1.54) is 12.1 Å². The minimum atomic E-state index is -1.14. The molecular formula is C14H18O8. The van der Waals surface area contributed by atoms with E-state index in [2.05, 4.69) is 19.6 Å². The van der Waals surface area contributed by atoms with Crippen LogP contribution in [-0.4, -0.2) is 38.6 Å². The third-order valence-corrected chi connectivity index (χ3v) is 2.26. The maximum absolute atomic E-state index is 11.6. The quantitative estimate of drug-likeness (QED) is 0.297. The van der Waals surface area contributed by atoms with Gasteiger partial charge in [-0.3, -0.25) is 4.89 Å². The predicted molar refractivity (Wildman–Crippen MR) is 73.0 cm³/mol. The summed E-state index contributed by atoms with van der Waals surface area (Å²) >= 11 is 0. The lowest BCUT2D eigenvalue weighted by molar-refractivity contribution is -0.452. The van der Waals surface area contributed by atoms with Crippen molar-refractivity contribution >= 4 is 12.1 Å². The van der Waals surface area contributed by atoms with E-state index in [1.54, 1.807) is 12.1 Å². The van der Waals surface area contributed by atoms with Crippen molar-refractivity contribution in [2.24, 2.45) is 0 Å². The number of carbonyl (C=O) groups is 2. The molecule has 1 rings (SSSR count). The molecule has 0 heterocycles. The van der Waals surface area contributed by atoms with Gasteiger partial charge in [0.2, 0.25) is 0 Å². The molecule has 0 N–H and O–H groups in total. The van der Waals surface area contributed by atoms with Gasteiger partial charge in [0, 0.05) is 6.61 Å². The first kappa shape index (κ1) is 17.7. The molecule has 0 spiro atoms. The Hall–Kier alpha value is -2.32. The SMILES string of the molecule is CCOCCOC(=O)OOOC(=O)c1ccc(OCC)cc1. The van der Waals surface area contributed by atoms with Gasteiger partial charge in [-0.05, 0) is 38.1 Å². The summed E-state index contributed by atoms with van der Waals surface area (Å²) in [4.78, 5) is 30.9. The van der Waals surface area contributed by atoms with Crippen LogP contribution in [-0.2, 0) is 24.3 Å². The number of rotatable bonds is 9. The molecule has 1 aromatic carbocycles. The largest absolute Gasteiger partial charge is 0.543 e. The minimum absolute atomic E-state index is 0.00285. The van der Waals surface area contributed by atoms with Gasteiger partial charge in [0.1, 0.15) is 12.4 Å². The monoisotopic (exact) mass is 314 g/mol. The summed E-state index contributed by atoms with van der Waals surface area (Å²) < 4.78 is 14.7. The van der Waals surface area contributed by atoms with E-state index in [-0.39, 0.29) is 18.8 Å². The highest BCUT2D eigenvalue weighted by Crippen LogP contribution is 2.12. The van der Waals surface area contributed by atoms with Gasteiger partial charge in [0.05, 0.1) is 23.8 Å². The second-order valence-corrected chi connectivity index (χ2v) is 3.77. The molecule has 0 saturated heterocycles. The fourth-order valence-corrected chi connectivity index (χ4v) is 1.33.